The van der Waals surface area contributed by atoms with E-state index in [0.29, 0.717) is 28.4 Å². The monoisotopic (exact) mass is 298 g/mol. The number of rotatable bonds is 5. The third kappa shape index (κ3) is 3.28. The summed E-state index contributed by atoms with van der Waals surface area (Å²) in [4.78, 5) is 12.7. The van der Waals surface area contributed by atoms with Gasteiger partial charge >= 0.3 is 0 Å². The Morgan fingerprint density at radius 2 is 1.41 bits per heavy atom. The second-order valence-electron chi connectivity index (χ2n) is 4.49. The lowest BCUT2D eigenvalue weighted by atomic mass is 10.0. The maximum atomic E-state index is 12.7. The van der Waals surface area contributed by atoms with Crippen LogP contribution in [-0.4, -0.2) is 27.1 Å². The molecule has 0 amide bonds. The van der Waals surface area contributed by atoms with Crippen LogP contribution >= 0.6 is 0 Å². The first kappa shape index (κ1) is 15.6. The molecule has 4 nitrogen and oxygen atoms in total. The maximum Gasteiger partial charge on any atom is 0.203 e. The molecule has 0 atom stereocenters. The summed E-state index contributed by atoms with van der Waals surface area (Å²) in [6.45, 7) is 0. The highest BCUT2D eigenvalue weighted by Gasteiger charge is 2.18. The van der Waals surface area contributed by atoms with E-state index in [1.165, 1.54) is 21.3 Å². The van der Waals surface area contributed by atoms with E-state index in [4.69, 9.17) is 14.2 Å². The summed E-state index contributed by atoms with van der Waals surface area (Å²) in [5, 5.41) is 0. The van der Waals surface area contributed by atoms with Crippen LogP contribution in [0.5, 0.6) is 17.2 Å². The number of carbonyl (C=O) groups excluding carboxylic acids is 1. The smallest absolute Gasteiger partial charge is 0.203 e. The molecule has 1 aliphatic rings. The number of carbonyl (C=O) groups is 1. The van der Waals surface area contributed by atoms with Gasteiger partial charge in [0.2, 0.25) is 5.75 Å². The van der Waals surface area contributed by atoms with Crippen molar-refractivity contribution < 1.29 is 19.0 Å². The molecule has 0 unspecified atom stereocenters. The van der Waals surface area contributed by atoms with Crippen molar-refractivity contribution in [3.8, 4) is 17.2 Å². The van der Waals surface area contributed by atoms with Gasteiger partial charge in [0.05, 0.1) is 21.3 Å². The summed E-state index contributed by atoms with van der Waals surface area (Å²) in [6, 6.07) is 3.30. The number of benzene rings is 1. The molecule has 0 saturated carbocycles. The Bertz CT molecular complexity index is 653. The van der Waals surface area contributed by atoms with Crippen molar-refractivity contribution in [2.75, 3.05) is 21.3 Å². The summed E-state index contributed by atoms with van der Waals surface area (Å²) in [6.07, 6.45) is 12.8. The van der Waals surface area contributed by atoms with Crippen LogP contribution in [0.15, 0.2) is 60.2 Å². The van der Waals surface area contributed by atoms with Gasteiger partial charge in [-0.15, -0.1) is 0 Å². The van der Waals surface area contributed by atoms with Gasteiger partial charge < -0.3 is 14.2 Å². The number of Topliss-reactive ketones (excluding diaryl/α,β-unsaturated/α-hetero) is 1. The predicted octanol–water partition coefficient (Wildman–Crippen LogP) is 3.50. The zero-order chi connectivity index (χ0) is 15.9. The third-order valence-electron chi connectivity index (χ3n) is 3.19. The molecule has 2 rings (SSSR count). The SMILES string of the molecule is COc1cc(C(=O)C2=C/C=C\C=C/C=C2)cc(OC)c1OC. The number of ketones is 1. The van der Waals surface area contributed by atoms with Gasteiger partial charge in [0.15, 0.2) is 17.3 Å². The molecule has 1 aromatic rings. The summed E-state index contributed by atoms with van der Waals surface area (Å²) in [5.41, 5.74) is 1.05. The molecule has 0 bridgehead atoms. The van der Waals surface area contributed by atoms with Crippen LogP contribution in [0.3, 0.4) is 0 Å². The predicted molar refractivity (Wildman–Crippen MR) is 85.9 cm³/mol. The van der Waals surface area contributed by atoms with Gasteiger partial charge in [0.25, 0.3) is 0 Å². The van der Waals surface area contributed by atoms with E-state index < -0.39 is 0 Å². The third-order valence-corrected chi connectivity index (χ3v) is 3.19. The lowest BCUT2D eigenvalue weighted by Crippen LogP contribution is -2.04. The minimum atomic E-state index is -0.115. The van der Waals surface area contributed by atoms with Crippen molar-refractivity contribution in [3.05, 3.63) is 65.8 Å². The Labute approximate surface area is 130 Å². The minimum absolute atomic E-state index is 0.115. The average molecular weight is 298 g/mol. The molecule has 0 aromatic heterocycles. The summed E-state index contributed by atoms with van der Waals surface area (Å²) in [5.74, 6) is 1.26. The second-order valence-corrected chi connectivity index (χ2v) is 4.49. The topological polar surface area (TPSA) is 44.8 Å². The van der Waals surface area contributed by atoms with Crippen LogP contribution in [0.4, 0.5) is 0 Å². The van der Waals surface area contributed by atoms with Crippen molar-refractivity contribution in [2.45, 2.75) is 0 Å². The van der Waals surface area contributed by atoms with Gasteiger partial charge in [0, 0.05) is 11.1 Å². The molecule has 1 aliphatic carbocycles. The largest absolute Gasteiger partial charge is 0.493 e. The van der Waals surface area contributed by atoms with Crippen molar-refractivity contribution in [2.24, 2.45) is 0 Å². The van der Waals surface area contributed by atoms with Crippen LogP contribution in [0, 0.1) is 0 Å². The fourth-order valence-corrected chi connectivity index (χ4v) is 2.10. The summed E-state index contributed by atoms with van der Waals surface area (Å²) < 4.78 is 15.8. The number of allylic oxidation sites excluding steroid dienone is 8. The first-order valence-electron chi connectivity index (χ1n) is 6.77. The van der Waals surface area contributed by atoms with Gasteiger partial charge in [0.1, 0.15) is 0 Å². The van der Waals surface area contributed by atoms with Crippen LogP contribution in [0.25, 0.3) is 0 Å². The lowest BCUT2D eigenvalue weighted by Gasteiger charge is -2.14. The van der Waals surface area contributed by atoms with Crippen LogP contribution in [-0.2, 0) is 0 Å². The molecule has 0 radical (unpaired) electrons. The maximum absolute atomic E-state index is 12.7. The van der Waals surface area contributed by atoms with Crippen LogP contribution < -0.4 is 14.2 Å². The summed E-state index contributed by atoms with van der Waals surface area (Å²) in [7, 11) is 4.57. The number of hydrogen-bond donors (Lipinski definition) is 0. The molecule has 0 spiro atoms. The van der Waals surface area contributed by atoms with Gasteiger partial charge in [-0.1, -0.05) is 42.5 Å². The highest BCUT2D eigenvalue weighted by atomic mass is 16.5. The zero-order valence-electron chi connectivity index (χ0n) is 12.8. The van der Waals surface area contributed by atoms with Gasteiger partial charge in [-0.05, 0) is 12.1 Å². The fraction of sp³-hybridized carbons (Fsp3) is 0.167. The van der Waals surface area contributed by atoms with E-state index in [9.17, 15) is 4.79 Å². The molecule has 4 heteroatoms. The highest BCUT2D eigenvalue weighted by Crippen LogP contribution is 2.38. The Hall–Kier alpha value is -2.75. The average Bonchev–Trinajstić information content (AvgIpc) is 2.52. The molecule has 0 saturated heterocycles. The second kappa shape index (κ2) is 7.31. The van der Waals surface area contributed by atoms with Crippen molar-refractivity contribution in [1.29, 1.82) is 0 Å². The van der Waals surface area contributed by atoms with Crippen molar-refractivity contribution >= 4 is 5.78 Å². The molecule has 0 fully saturated rings. The minimum Gasteiger partial charge on any atom is -0.493 e. The molecule has 0 aliphatic heterocycles. The Morgan fingerprint density at radius 1 is 0.818 bits per heavy atom. The van der Waals surface area contributed by atoms with E-state index in [1.54, 1.807) is 24.3 Å². The van der Waals surface area contributed by atoms with E-state index in [2.05, 4.69) is 0 Å². The van der Waals surface area contributed by atoms with E-state index >= 15 is 0 Å². The molecule has 22 heavy (non-hydrogen) atoms. The normalized spacial score (nSPS) is 16.0. The summed E-state index contributed by atoms with van der Waals surface area (Å²) >= 11 is 0. The van der Waals surface area contributed by atoms with Crippen LogP contribution in [0.2, 0.25) is 0 Å². The van der Waals surface area contributed by atoms with E-state index in [-0.39, 0.29) is 5.78 Å². The lowest BCUT2D eigenvalue weighted by molar-refractivity contribution is 0.103. The molecular weight excluding hydrogens is 280 g/mol. The van der Waals surface area contributed by atoms with Gasteiger partial charge in [-0.25, -0.2) is 0 Å². The highest BCUT2D eigenvalue weighted by molar-refractivity contribution is 6.11. The zero-order valence-corrected chi connectivity index (χ0v) is 12.8. The number of hydrogen-bond acceptors (Lipinski definition) is 4. The quantitative estimate of drug-likeness (QED) is 0.780. The van der Waals surface area contributed by atoms with Crippen LogP contribution in [0.1, 0.15) is 10.4 Å². The first-order chi connectivity index (χ1) is 10.7. The molecule has 0 heterocycles. The number of methoxy groups -OCH3 is 3. The van der Waals surface area contributed by atoms with E-state index in [0.717, 1.165) is 0 Å². The van der Waals surface area contributed by atoms with E-state index in [1.807, 2.05) is 30.4 Å². The Morgan fingerprint density at radius 3 is 2.00 bits per heavy atom. The molecule has 0 N–H and O–H groups in total. The Balaban J connectivity index is 2.45. The Kier molecular flexibility index (Phi) is 5.20. The molecule has 1 aromatic carbocycles. The standard InChI is InChI=1S/C18H18O4/c1-20-15-11-14(12-16(21-2)18(15)22-3)17(19)13-9-7-5-4-6-8-10-13/h4-12H,1-3H3/b5-4-,6-4?,7-5?,8-6-,9-7?,10-8?,13-9?,13-10?. The van der Waals surface area contributed by atoms with Crippen molar-refractivity contribution in [1.82, 2.24) is 0 Å². The fourth-order valence-electron chi connectivity index (χ4n) is 2.10. The first-order valence-corrected chi connectivity index (χ1v) is 6.77. The van der Waals surface area contributed by atoms with Gasteiger partial charge in [-0.2, -0.15) is 0 Å². The number of ether oxygens (including phenoxy) is 3. The molecular formula is C18H18O4. The van der Waals surface area contributed by atoms with Gasteiger partial charge in [-0.3, -0.25) is 4.79 Å². The van der Waals surface area contributed by atoms with Crippen molar-refractivity contribution in [3.63, 3.8) is 0 Å². The molecule has 114 valence electrons.